The first-order valence-electron chi connectivity index (χ1n) is 9.21. The molecular weight excluding hydrogens is 350 g/mol. The summed E-state index contributed by atoms with van der Waals surface area (Å²) in [5.41, 5.74) is 2.41. The normalized spacial score (nSPS) is 12.6. The topological polar surface area (TPSA) is 55.4 Å². The Morgan fingerprint density at radius 3 is 1.93 bits per heavy atom. The van der Waals surface area contributed by atoms with Crippen LogP contribution in [0.1, 0.15) is 27.5 Å². The third-order valence-corrected chi connectivity index (χ3v) is 4.69. The second-order valence-corrected chi connectivity index (χ2v) is 6.55. The van der Waals surface area contributed by atoms with E-state index in [0.717, 1.165) is 11.1 Å². The highest BCUT2D eigenvalue weighted by Gasteiger charge is 2.32. The van der Waals surface area contributed by atoms with E-state index in [0.29, 0.717) is 12.0 Å². The summed E-state index contributed by atoms with van der Waals surface area (Å²) in [6, 6.07) is 27.7. The van der Waals surface area contributed by atoms with Crippen molar-refractivity contribution in [2.24, 2.45) is 5.92 Å². The van der Waals surface area contributed by atoms with Crippen LogP contribution < -0.4 is 5.32 Å². The number of carbonyl (C=O) groups excluding carboxylic acids is 2. The Hall–Kier alpha value is -3.40. The van der Waals surface area contributed by atoms with Crippen molar-refractivity contribution in [1.82, 2.24) is 5.32 Å². The molecule has 4 heteroatoms. The largest absolute Gasteiger partial charge is 0.469 e. The van der Waals surface area contributed by atoms with Crippen molar-refractivity contribution < 1.29 is 14.3 Å². The van der Waals surface area contributed by atoms with Crippen LogP contribution in [0.5, 0.6) is 0 Å². The molecule has 3 aromatic rings. The van der Waals surface area contributed by atoms with Crippen LogP contribution in [0.15, 0.2) is 91.0 Å². The molecule has 0 heterocycles. The predicted molar refractivity (Wildman–Crippen MR) is 109 cm³/mol. The highest BCUT2D eigenvalue weighted by molar-refractivity contribution is 5.94. The monoisotopic (exact) mass is 373 g/mol. The molecule has 3 rings (SSSR count). The van der Waals surface area contributed by atoms with E-state index in [9.17, 15) is 9.59 Å². The van der Waals surface area contributed by atoms with Crippen molar-refractivity contribution in [3.05, 3.63) is 108 Å². The van der Waals surface area contributed by atoms with Crippen molar-refractivity contribution in [2.75, 3.05) is 7.11 Å². The molecule has 0 radical (unpaired) electrons. The van der Waals surface area contributed by atoms with Crippen LogP contribution in [-0.4, -0.2) is 19.0 Å². The summed E-state index contributed by atoms with van der Waals surface area (Å²) >= 11 is 0. The van der Waals surface area contributed by atoms with Crippen LogP contribution in [0.25, 0.3) is 0 Å². The van der Waals surface area contributed by atoms with Gasteiger partial charge in [0.25, 0.3) is 5.91 Å². The molecule has 0 spiro atoms. The lowest BCUT2D eigenvalue weighted by atomic mass is 9.87. The molecule has 0 fully saturated rings. The molecule has 4 nitrogen and oxygen atoms in total. The molecule has 0 saturated carbocycles. The summed E-state index contributed by atoms with van der Waals surface area (Å²) in [6.07, 6.45) is 0.460. The molecule has 28 heavy (non-hydrogen) atoms. The van der Waals surface area contributed by atoms with Gasteiger partial charge in [0.2, 0.25) is 0 Å². The molecule has 3 aromatic carbocycles. The van der Waals surface area contributed by atoms with Gasteiger partial charge in [0.15, 0.2) is 0 Å². The van der Waals surface area contributed by atoms with E-state index in [1.165, 1.54) is 7.11 Å². The van der Waals surface area contributed by atoms with Gasteiger partial charge >= 0.3 is 5.97 Å². The van der Waals surface area contributed by atoms with E-state index in [-0.39, 0.29) is 11.9 Å². The summed E-state index contributed by atoms with van der Waals surface area (Å²) in [5.74, 6) is -1.13. The number of ether oxygens (including phenoxy) is 1. The maximum absolute atomic E-state index is 12.8. The first-order chi connectivity index (χ1) is 13.7. The number of hydrogen-bond acceptors (Lipinski definition) is 3. The van der Waals surface area contributed by atoms with Crippen LogP contribution in [0.4, 0.5) is 0 Å². The molecule has 0 aromatic heterocycles. The zero-order valence-electron chi connectivity index (χ0n) is 15.7. The number of hydrogen-bond donors (Lipinski definition) is 1. The zero-order chi connectivity index (χ0) is 19.8. The van der Waals surface area contributed by atoms with Crippen LogP contribution in [0, 0.1) is 5.92 Å². The second kappa shape index (κ2) is 9.51. The number of benzene rings is 3. The molecular formula is C24H23NO3. The van der Waals surface area contributed by atoms with Crippen molar-refractivity contribution >= 4 is 11.9 Å². The van der Waals surface area contributed by atoms with E-state index in [2.05, 4.69) is 5.32 Å². The highest BCUT2D eigenvalue weighted by Crippen LogP contribution is 2.27. The molecule has 0 aliphatic rings. The fraction of sp³-hybridized carbons (Fsp3) is 0.167. The maximum atomic E-state index is 12.8. The molecule has 2 atom stereocenters. The third-order valence-electron chi connectivity index (χ3n) is 4.69. The lowest BCUT2D eigenvalue weighted by Gasteiger charge is -2.27. The lowest BCUT2D eigenvalue weighted by molar-refractivity contribution is -0.146. The van der Waals surface area contributed by atoms with Crippen LogP contribution >= 0.6 is 0 Å². The summed E-state index contributed by atoms with van der Waals surface area (Å²) in [5, 5.41) is 3.05. The number of rotatable bonds is 7. The van der Waals surface area contributed by atoms with E-state index < -0.39 is 12.0 Å². The second-order valence-electron chi connectivity index (χ2n) is 6.55. The van der Waals surface area contributed by atoms with Gasteiger partial charge in [0, 0.05) is 5.56 Å². The van der Waals surface area contributed by atoms with Crippen LogP contribution in [-0.2, 0) is 16.0 Å². The van der Waals surface area contributed by atoms with E-state index in [4.69, 9.17) is 4.74 Å². The molecule has 0 aliphatic heterocycles. The molecule has 0 bridgehead atoms. The summed E-state index contributed by atoms with van der Waals surface area (Å²) < 4.78 is 5.08. The number of carbonyl (C=O) groups is 2. The molecule has 0 saturated heterocycles. The molecule has 142 valence electrons. The van der Waals surface area contributed by atoms with Crippen LogP contribution in [0.3, 0.4) is 0 Å². The zero-order valence-corrected chi connectivity index (χ0v) is 15.7. The summed E-state index contributed by atoms with van der Waals surface area (Å²) in [4.78, 5) is 25.5. The first kappa shape index (κ1) is 19.4. The fourth-order valence-electron chi connectivity index (χ4n) is 3.25. The van der Waals surface area contributed by atoms with Gasteiger partial charge in [-0.1, -0.05) is 78.9 Å². The van der Waals surface area contributed by atoms with Gasteiger partial charge in [0.05, 0.1) is 19.1 Å². The van der Waals surface area contributed by atoms with Crippen LogP contribution in [0.2, 0.25) is 0 Å². The summed E-state index contributed by atoms with van der Waals surface area (Å²) in [7, 11) is 1.38. The van der Waals surface area contributed by atoms with Gasteiger partial charge < -0.3 is 10.1 Å². The van der Waals surface area contributed by atoms with Gasteiger partial charge in [0.1, 0.15) is 0 Å². The Morgan fingerprint density at radius 1 is 0.821 bits per heavy atom. The minimum Gasteiger partial charge on any atom is -0.469 e. The third kappa shape index (κ3) is 4.86. The molecule has 0 aliphatic carbocycles. The Morgan fingerprint density at radius 2 is 1.36 bits per heavy atom. The van der Waals surface area contributed by atoms with Gasteiger partial charge in [-0.15, -0.1) is 0 Å². The number of esters is 1. The van der Waals surface area contributed by atoms with E-state index in [1.807, 2.05) is 78.9 Å². The average Bonchev–Trinajstić information content (AvgIpc) is 2.77. The molecule has 1 amide bonds. The highest BCUT2D eigenvalue weighted by atomic mass is 16.5. The SMILES string of the molecule is COC(=O)[C@H](Cc1ccccc1)[C@H](NC(=O)c1ccccc1)c1ccccc1. The fourth-order valence-corrected chi connectivity index (χ4v) is 3.25. The van der Waals surface area contributed by atoms with Gasteiger partial charge in [-0.05, 0) is 29.7 Å². The van der Waals surface area contributed by atoms with E-state index >= 15 is 0 Å². The van der Waals surface area contributed by atoms with Crippen molar-refractivity contribution in [3.8, 4) is 0 Å². The van der Waals surface area contributed by atoms with Gasteiger partial charge in [-0.25, -0.2) is 0 Å². The Balaban J connectivity index is 1.95. The first-order valence-corrected chi connectivity index (χ1v) is 9.21. The minimum absolute atomic E-state index is 0.226. The van der Waals surface area contributed by atoms with Crippen molar-refractivity contribution in [1.29, 1.82) is 0 Å². The number of nitrogens with one attached hydrogen (secondary N) is 1. The Bertz CT molecular complexity index is 895. The predicted octanol–water partition coefficient (Wildman–Crippen LogP) is 4.19. The Kier molecular flexibility index (Phi) is 6.58. The number of amides is 1. The standard InChI is InChI=1S/C24H23NO3/c1-28-24(27)21(17-18-11-5-2-6-12-18)22(19-13-7-3-8-14-19)25-23(26)20-15-9-4-10-16-20/h2-16,21-22H,17H2,1H3,(H,25,26)/t21-,22-/m1/s1. The number of methoxy groups -OCH3 is 1. The average molecular weight is 373 g/mol. The molecule has 1 N–H and O–H groups in total. The van der Waals surface area contributed by atoms with E-state index in [1.54, 1.807) is 12.1 Å². The van der Waals surface area contributed by atoms with Crippen molar-refractivity contribution in [2.45, 2.75) is 12.5 Å². The maximum Gasteiger partial charge on any atom is 0.311 e. The van der Waals surface area contributed by atoms with Crippen molar-refractivity contribution in [3.63, 3.8) is 0 Å². The molecule has 0 unspecified atom stereocenters. The Labute approximate surface area is 165 Å². The smallest absolute Gasteiger partial charge is 0.311 e. The lowest BCUT2D eigenvalue weighted by Crippen LogP contribution is -2.38. The minimum atomic E-state index is -0.553. The summed E-state index contributed by atoms with van der Waals surface area (Å²) in [6.45, 7) is 0. The van der Waals surface area contributed by atoms with Gasteiger partial charge in [-0.3, -0.25) is 9.59 Å². The van der Waals surface area contributed by atoms with Gasteiger partial charge in [-0.2, -0.15) is 0 Å². The quantitative estimate of drug-likeness (QED) is 0.632.